The first-order chi connectivity index (χ1) is 34.3. The fraction of sp³-hybridized carbons (Fsp3) is 0.386. The molecule has 0 radical (unpaired) electrons. The molecule has 0 saturated heterocycles. The maximum absolute atomic E-state index is 15.4. The van der Waals surface area contributed by atoms with Gasteiger partial charge in [0, 0.05) is 21.7 Å². The second-order valence-corrected chi connectivity index (χ2v) is 19.1. The zero-order valence-corrected chi connectivity index (χ0v) is 42.1. The number of aryl methyl sites for hydroxylation is 1. The van der Waals surface area contributed by atoms with Gasteiger partial charge in [0.25, 0.3) is 0 Å². The molecular formula is C57H68ClN5O8. The van der Waals surface area contributed by atoms with Gasteiger partial charge in [-0.2, -0.15) is 0 Å². The number of amides is 4. The molecule has 5 aromatic carbocycles. The molecule has 71 heavy (non-hydrogen) atoms. The first-order valence-corrected chi connectivity index (χ1v) is 25.0. The zero-order valence-electron chi connectivity index (χ0n) is 41.3. The average molecular weight is 987 g/mol. The lowest BCUT2D eigenvalue weighted by atomic mass is 9.79. The third-order valence-corrected chi connectivity index (χ3v) is 13.2. The highest BCUT2D eigenvalue weighted by molar-refractivity contribution is 6.31. The number of rotatable bonds is 23. The maximum Gasteiger partial charge on any atom is 0.407 e. The van der Waals surface area contributed by atoms with E-state index in [2.05, 4.69) is 26.6 Å². The van der Waals surface area contributed by atoms with Crippen molar-refractivity contribution in [2.75, 3.05) is 13.6 Å². The highest BCUT2D eigenvalue weighted by Gasteiger charge is 2.45. The van der Waals surface area contributed by atoms with Gasteiger partial charge < -0.3 is 40.8 Å². The highest BCUT2D eigenvalue weighted by Crippen LogP contribution is 2.44. The van der Waals surface area contributed by atoms with Gasteiger partial charge in [-0.15, -0.1) is 0 Å². The summed E-state index contributed by atoms with van der Waals surface area (Å²) in [7, 11) is 1.70. The van der Waals surface area contributed by atoms with Crippen LogP contribution in [0.15, 0.2) is 140 Å². The first kappa shape index (κ1) is 53.8. The number of nitrogens with one attached hydrogen (secondary N) is 5. The second kappa shape index (κ2) is 26.6. The van der Waals surface area contributed by atoms with E-state index in [9.17, 15) is 14.4 Å². The minimum absolute atomic E-state index is 0.0472. The van der Waals surface area contributed by atoms with Gasteiger partial charge in [0.1, 0.15) is 18.7 Å². The van der Waals surface area contributed by atoms with Crippen LogP contribution in [0.5, 0.6) is 0 Å². The van der Waals surface area contributed by atoms with E-state index in [1.165, 1.54) is 0 Å². The van der Waals surface area contributed by atoms with E-state index >= 15 is 9.59 Å². The van der Waals surface area contributed by atoms with Crippen LogP contribution in [0.2, 0.25) is 5.02 Å². The molecule has 5 aromatic rings. The number of carbonyl (C=O) groups is 5. The second-order valence-electron chi connectivity index (χ2n) is 18.7. The molecular weight excluding hydrogens is 918 g/mol. The summed E-state index contributed by atoms with van der Waals surface area (Å²) in [5.74, 6) is -2.68. The third-order valence-electron chi connectivity index (χ3n) is 12.9. The molecule has 1 saturated carbocycles. The summed E-state index contributed by atoms with van der Waals surface area (Å²) in [6.45, 7) is 7.23. The molecule has 0 heterocycles. The minimum Gasteiger partial charge on any atom is -0.445 e. The number of hydrogen-bond donors (Lipinski definition) is 5. The van der Waals surface area contributed by atoms with E-state index < -0.39 is 66.3 Å². The molecule has 0 spiro atoms. The van der Waals surface area contributed by atoms with E-state index in [0.717, 1.165) is 36.0 Å². The van der Waals surface area contributed by atoms with E-state index in [-0.39, 0.29) is 31.0 Å². The summed E-state index contributed by atoms with van der Waals surface area (Å²) in [5.41, 5.74) is 2.54. The van der Waals surface area contributed by atoms with Gasteiger partial charge in [-0.25, -0.2) is 9.59 Å². The summed E-state index contributed by atoms with van der Waals surface area (Å²) in [5, 5.41) is 14.8. The average Bonchev–Trinajstić information content (AvgIpc) is 3.39. The zero-order chi connectivity index (χ0) is 50.8. The molecule has 6 rings (SSSR count). The lowest BCUT2D eigenvalue weighted by molar-refractivity contribution is -0.162. The first-order valence-electron chi connectivity index (χ1n) is 24.6. The van der Waals surface area contributed by atoms with Gasteiger partial charge in [-0.05, 0) is 69.2 Å². The monoisotopic (exact) mass is 985 g/mol. The van der Waals surface area contributed by atoms with Crippen molar-refractivity contribution in [1.29, 1.82) is 0 Å². The Morgan fingerprint density at radius 3 is 1.82 bits per heavy atom. The number of ether oxygens (including phenoxy) is 3. The van der Waals surface area contributed by atoms with Crippen LogP contribution in [-0.2, 0) is 52.2 Å². The smallest absolute Gasteiger partial charge is 0.407 e. The summed E-state index contributed by atoms with van der Waals surface area (Å²) < 4.78 is 18.7. The SMILES string of the molecule is CN[C@@H](CC(C)C)C(=O)N[C@H](C(=O)N[C@@H](CNC(=O)OCc1ccccc1)C(=O)N[C@H](C(=O)OC(c1ccccc1)(c1ccc(C)cc1)c1ccccc1Cl)[C@H](C)OCc1ccccc1)C1CCCCC1. The molecule has 0 aliphatic heterocycles. The van der Waals surface area contributed by atoms with Crippen LogP contribution < -0.4 is 26.6 Å². The van der Waals surface area contributed by atoms with Gasteiger partial charge in [-0.1, -0.05) is 184 Å². The Labute approximate surface area is 423 Å². The largest absolute Gasteiger partial charge is 0.445 e. The van der Waals surface area contributed by atoms with E-state index in [1.807, 2.05) is 130 Å². The van der Waals surface area contributed by atoms with E-state index in [4.69, 9.17) is 25.8 Å². The van der Waals surface area contributed by atoms with Crippen molar-refractivity contribution in [3.63, 3.8) is 0 Å². The molecule has 5 N–H and O–H groups in total. The van der Waals surface area contributed by atoms with Crippen LogP contribution >= 0.6 is 11.6 Å². The van der Waals surface area contributed by atoms with E-state index in [0.29, 0.717) is 41.0 Å². The fourth-order valence-corrected chi connectivity index (χ4v) is 9.24. The van der Waals surface area contributed by atoms with Gasteiger partial charge in [0.05, 0.1) is 25.3 Å². The predicted octanol–water partition coefficient (Wildman–Crippen LogP) is 8.68. The normalized spacial score (nSPS) is 15.7. The molecule has 1 unspecified atom stereocenters. The van der Waals surface area contributed by atoms with Gasteiger partial charge in [0.2, 0.25) is 17.7 Å². The van der Waals surface area contributed by atoms with Crippen molar-refractivity contribution in [1.82, 2.24) is 26.6 Å². The summed E-state index contributed by atoms with van der Waals surface area (Å²) in [6, 6.07) is 37.8. The summed E-state index contributed by atoms with van der Waals surface area (Å²) >= 11 is 7.03. The Kier molecular flexibility index (Phi) is 20.2. The number of esters is 1. The van der Waals surface area contributed by atoms with Crippen molar-refractivity contribution in [3.05, 3.63) is 178 Å². The number of carbonyl (C=O) groups excluding carboxylic acids is 5. The highest BCUT2D eigenvalue weighted by atomic mass is 35.5. The fourth-order valence-electron chi connectivity index (χ4n) is 8.97. The van der Waals surface area contributed by atoms with Crippen LogP contribution in [0.3, 0.4) is 0 Å². The van der Waals surface area contributed by atoms with Crippen LogP contribution in [0, 0.1) is 18.8 Å². The summed E-state index contributed by atoms with van der Waals surface area (Å²) in [6.07, 6.45) is 2.78. The molecule has 14 heteroatoms. The molecule has 13 nitrogen and oxygen atoms in total. The van der Waals surface area contributed by atoms with Crippen molar-refractivity contribution in [2.24, 2.45) is 11.8 Å². The van der Waals surface area contributed by atoms with Crippen LogP contribution in [0.25, 0.3) is 0 Å². The van der Waals surface area contributed by atoms with Crippen molar-refractivity contribution < 1.29 is 38.2 Å². The Hall–Kier alpha value is -6.54. The maximum atomic E-state index is 15.4. The van der Waals surface area contributed by atoms with Crippen LogP contribution in [-0.4, -0.2) is 73.6 Å². The van der Waals surface area contributed by atoms with Crippen LogP contribution in [0.4, 0.5) is 4.79 Å². The molecule has 0 bridgehead atoms. The van der Waals surface area contributed by atoms with Gasteiger partial charge in [-0.3, -0.25) is 14.4 Å². The lowest BCUT2D eigenvalue weighted by Gasteiger charge is -2.38. The standard InChI is InChI=1S/C57H68ClN5O8/c1-38(2)34-48(59-5)52(64)63-51(43-24-14-8-15-25-43)54(66)61-49(35-60-56(68)70-37-42-22-12-7-13-23-42)53(65)62-50(40(4)69-36-41-20-10-6-11-21-41)55(67)71-57(44-26-16-9-17-27-44,45-32-30-39(3)31-33-45)46-28-18-19-29-47(46)58/h6-7,9-13,16-23,26-33,38,40,43,48-51,59H,8,14-15,24-25,34-37H2,1-5H3,(H,60,68)(H,61,66)(H,62,65)(H,63,64)/t40-,48-,49-,50-,51-,57?/m0/s1. The molecule has 1 fully saturated rings. The molecule has 376 valence electrons. The topological polar surface area (TPSA) is 173 Å². The minimum atomic E-state index is -1.64. The Bertz CT molecular complexity index is 2490. The number of likely N-dealkylation sites (N-methyl/N-ethyl adjacent to an activating group) is 1. The van der Waals surface area contributed by atoms with Gasteiger partial charge >= 0.3 is 12.1 Å². The Balaban J connectivity index is 1.37. The van der Waals surface area contributed by atoms with Crippen molar-refractivity contribution in [2.45, 2.75) is 115 Å². The molecule has 1 aliphatic rings. The number of hydrogen-bond acceptors (Lipinski definition) is 9. The van der Waals surface area contributed by atoms with Crippen LogP contribution in [0.1, 0.15) is 92.7 Å². The van der Waals surface area contributed by atoms with E-state index in [1.54, 1.807) is 44.3 Å². The third kappa shape index (κ3) is 15.0. The molecule has 6 atom stereocenters. The lowest BCUT2D eigenvalue weighted by Crippen LogP contribution is -2.62. The number of alkyl carbamates (subject to hydrolysis) is 1. The molecule has 0 aromatic heterocycles. The molecule has 4 amide bonds. The number of halogens is 1. The Morgan fingerprint density at radius 1 is 0.648 bits per heavy atom. The van der Waals surface area contributed by atoms with Crippen molar-refractivity contribution in [3.8, 4) is 0 Å². The molecule has 1 aliphatic carbocycles. The van der Waals surface area contributed by atoms with Gasteiger partial charge in [0.15, 0.2) is 11.6 Å². The van der Waals surface area contributed by atoms with Crippen molar-refractivity contribution >= 4 is 41.4 Å². The number of benzene rings is 5. The Morgan fingerprint density at radius 2 is 1.21 bits per heavy atom. The summed E-state index contributed by atoms with van der Waals surface area (Å²) in [4.78, 5) is 72.2. The predicted molar refractivity (Wildman–Crippen MR) is 275 cm³/mol. The quantitative estimate of drug-likeness (QED) is 0.0317.